The number of benzene rings is 2. The van der Waals surface area contributed by atoms with E-state index in [0.717, 1.165) is 33.5 Å². The predicted octanol–water partition coefficient (Wildman–Crippen LogP) is 3.75. The van der Waals surface area contributed by atoms with Crippen molar-refractivity contribution in [3.63, 3.8) is 0 Å². The van der Waals surface area contributed by atoms with Crippen molar-refractivity contribution in [3.05, 3.63) is 58.0 Å². The van der Waals surface area contributed by atoms with Crippen molar-refractivity contribution in [1.82, 2.24) is 0 Å². The maximum absolute atomic E-state index is 12.3. The van der Waals surface area contributed by atoms with E-state index in [2.05, 4.69) is 44.0 Å². The number of fused-ring (bicyclic) bond motifs is 3. The Labute approximate surface area is 134 Å². The van der Waals surface area contributed by atoms with Gasteiger partial charge < -0.3 is 0 Å². The summed E-state index contributed by atoms with van der Waals surface area (Å²) in [5, 5.41) is 2.21. The van der Waals surface area contributed by atoms with Gasteiger partial charge in [0, 0.05) is 12.0 Å². The Morgan fingerprint density at radius 1 is 0.900 bits per heavy atom. The highest BCUT2D eigenvalue weighted by molar-refractivity contribution is 9.14. The van der Waals surface area contributed by atoms with Gasteiger partial charge in [0.2, 0.25) is 0 Å². The van der Waals surface area contributed by atoms with E-state index in [0.29, 0.717) is 6.42 Å². The van der Waals surface area contributed by atoms with Crippen LogP contribution in [0.15, 0.2) is 36.4 Å². The average molecular weight is 392 g/mol. The highest BCUT2D eigenvalue weighted by Gasteiger charge is 2.20. The molecule has 0 radical (unpaired) electrons. The molecule has 0 unspecified atom stereocenters. The molecule has 0 N–H and O–H groups in total. The summed E-state index contributed by atoms with van der Waals surface area (Å²) >= 11 is 6.89. The van der Waals surface area contributed by atoms with E-state index in [1.54, 1.807) is 0 Å². The maximum Gasteiger partial charge on any atom is 0.163 e. The minimum Gasteiger partial charge on any atom is -0.294 e. The van der Waals surface area contributed by atoms with Gasteiger partial charge in [-0.05, 0) is 43.5 Å². The molecule has 1 aliphatic rings. The van der Waals surface area contributed by atoms with Gasteiger partial charge in [0.25, 0.3) is 0 Å². The molecule has 0 amide bonds. The number of aryl methyl sites for hydroxylation is 1. The van der Waals surface area contributed by atoms with Crippen LogP contribution in [0.4, 0.5) is 0 Å². The van der Waals surface area contributed by atoms with E-state index in [9.17, 15) is 4.79 Å². The van der Waals surface area contributed by atoms with E-state index in [1.807, 2.05) is 34.2 Å². The first-order chi connectivity index (χ1) is 9.76. The maximum atomic E-state index is 12.3. The highest BCUT2D eigenvalue weighted by atomic mass is 79.9. The van der Waals surface area contributed by atoms with E-state index < -0.39 is 0 Å². The molecule has 1 nitrogen and oxygen atoms in total. The van der Waals surface area contributed by atoms with E-state index >= 15 is 0 Å². The van der Waals surface area contributed by atoms with Gasteiger partial charge in [-0.25, -0.2) is 0 Å². The van der Waals surface area contributed by atoms with Gasteiger partial charge in [0.15, 0.2) is 5.78 Å². The standard InChI is InChI=1S/C17H12Br2O/c18-9-12-6-5-11-7-8-16(20)13-3-1-2-4-14(13)17(11)15(12)10-19/h1-6,9-10H,7-8H2. The molecular weight excluding hydrogens is 380 g/mol. The molecule has 0 heterocycles. The zero-order valence-electron chi connectivity index (χ0n) is 10.7. The smallest absolute Gasteiger partial charge is 0.163 e. The topological polar surface area (TPSA) is 17.1 Å². The summed E-state index contributed by atoms with van der Waals surface area (Å²) in [7, 11) is 0. The van der Waals surface area contributed by atoms with Crippen molar-refractivity contribution in [2.45, 2.75) is 12.8 Å². The molecule has 100 valence electrons. The van der Waals surface area contributed by atoms with Gasteiger partial charge in [-0.3, -0.25) is 4.79 Å². The van der Waals surface area contributed by atoms with Gasteiger partial charge in [0.1, 0.15) is 0 Å². The minimum absolute atomic E-state index is 0.224. The van der Waals surface area contributed by atoms with Crippen LogP contribution in [0.3, 0.4) is 0 Å². The second kappa shape index (κ2) is 5.66. The number of halogens is 2. The molecule has 0 fully saturated rings. The van der Waals surface area contributed by atoms with Crippen LogP contribution < -0.4 is 10.4 Å². The lowest BCUT2D eigenvalue weighted by Crippen LogP contribution is -2.26. The first kappa shape index (κ1) is 13.8. The van der Waals surface area contributed by atoms with Gasteiger partial charge in [-0.1, -0.05) is 68.3 Å². The van der Waals surface area contributed by atoms with Gasteiger partial charge >= 0.3 is 0 Å². The summed E-state index contributed by atoms with van der Waals surface area (Å²) in [6.45, 7) is 0. The van der Waals surface area contributed by atoms with Crippen molar-refractivity contribution in [1.29, 1.82) is 0 Å². The summed E-state index contributed by atoms with van der Waals surface area (Å²) in [5.41, 5.74) is 4.25. The second-order valence-corrected chi connectivity index (χ2v) is 5.71. The molecular formula is C17H12Br2O. The van der Waals surface area contributed by atoms with Crippen LogP contribution in [0.2, 0.25) is 0 Å². The highest BCUT2D eigenvalue weighted by Crippen LogP contribution is 2.29. The Morgan fingerprint density at radius 2 is 1.65 bits per heavy atom. The van der Waals surface area contributed by atoms with Crippen LogP contribution >= 0.6 is 31.9 Å². The first-order valence-corrected chi connectivity index (χ1v) is 8.24. The van der Waals surface area contributed by atoms with Gasteiger partial charge in [-0.15, -0.1) is 0 Å². The summed E-state index contributed by atoms with van der Waals surface area (Å²) in [5.74, 6) is 0.224. The Bertz CT molecular complexity index is 806. The molecule has 0 spiro atoms. The SMILES string of the molecule is O=C1CCc2ccc(=CBr)c(=CBr)c2-c2ccccc21. The Morgan fingerprint density at radius 3 is 2.35 bits per heavy atom. The molecule has 0 aliphatic heterocycles. The molecule has 3 heteroatoms. The van der Waals surface area contributed by atoms with Crippen molar-refractivity contribution >= 4 is 47.6 Å². The van der Waals surface area contributed by atoms with Crippen molar-refractivity contribution in [3.8, 4) is 11.1 Å². The predicted molar refractivity (Wildman–Crippen MR) is 90.6 cm³/mol. The van der Waals surface area contributed by atoms with Gasteiger partial charge in [-0.2, -0.15) is 0 Å². The summed E-state index contributed by atoms with van der Waals surface area (Å²) in [6, 6.07) is 12.1. The molecule has 3 rings (SSSR count). The molecule has 0 bridgehead atoms. The summed E-state index contributed by atoms with van der Waals surface area (Å²) in [4.78, 5) is 16.1. The molecule has 0 saturated carbocycles. The van der Waals surface area contributed by atoms with Gasteiger partial charge in [0.05, 0.1) is 0 Å². The quantitative estimate of drug-likeness (QED) is 0.668. The van der Waals surface area contributed by atoms with Crippen LogP contribution in [0, 0.1) is 0 Å². The van der Waals surface area contributed by atoms with Crippen LogP contribution in [0.1, 0.15) is 22.3 Å². The third-order valence-electron chi connectivity index (χ3n) is 3.71. The first-order valence-electron chi connectivity index (χ1n) is 6.41. The minimum atomic E-state index is 0.224. The molecule has 0 aromatic heterocycles. The zero-order chi connectivity index (χ0) is 14.1. The monoisotopic (exact) mass is 390 g/mol. The number of Topliss-reactive ketones (excluding diaryl/α,β-unsaturated/α-hetero) is 1. The number of ketones is 1. The van der Waals surface area contributed by atoms with Crippen LogP contribution in [0.5, 0.6) is 0 Å². The van der Waals surface area contributed by atoms with E-state index in [-0.39, 0.29) is 5.78 Å². The van der Waals surface area contributed by atoms with Crippen LogP contribution in [0.25, 0.3) is 21.1 Å². The third kappa shape index (κ3) is 2.19. The van der Waals surface area contributed by atoms with E-state index in [1.165, 1.54) is 5.56 Å². The fourth-order valence-corrected chi connectivity index (χ4v) is 3.64. The zero-order valence-corrected chi connectivity index (χ0v) is 13.9. The number of carbonyl (C=O) groups excluding carboxylic acids is 1. The van der Waals surface area contributed by atoms with Crippen molar-refractivity contribution < 1.29 is 4.79 Å². The fraction of sp³-hybridized carbons (Fsp3) is 0.118. The number of carbonyl (C=O) groups is 1. The van der Waals surface area contributed by atoms with Crippen molar-refractivity contribution in [2.24, 2.45) is 0 Å². The molecule has 1 aliphatic carbocycles. The largest absolute Gasteiger partial charge is 0.294 e. The second-order valence-electron chi connectivity index (χ2n) is 4.79. The molecule has 0 atom stereocenters. The molecule has 20 heavy (non-hydrogen) atoms. The lowest BCUT2D eigenvalue weighted by molar-refractivity contribution is 0.0984. The lowest BCUT2D eigenvalue weighted by Gasteiger charge is -2.10. The number of hydrogen-bond acceptors (Lipinski definition) is 1. The van der Waals surface area contributed by atoms with Crippen LogP contribution in [-0.4, -0.2) is 5.78 Å². The third-order valence-corrected chi connectivity index (χ3v) is 4.66. The summed E-state index contributed by atoms with van der Waals surface area (Å²) in [6.07, 6.45) is 1.36. The fourth-order valence-electron chi connectivity index (χ4n) is 2.75. The normalized spacial score (nSPS) is 15.8. The Hall–Kier alpha value is -1.19. The summed E-state index contributed by atoms with van der Waals surface area (Å²) < 4.78 is 0. The molecule has 2 aromatic carbocycles. The van der Waals surface area contributed by atoms with Crippen molar-refractivity contribution in [2.75, 3.05) is 0 Å². The van der Waals surface area contributed by atoms with E-state index in [4.69, 9.17) is 0 Å². The molecule has 2 aromatic rings. The van der Waals surface area contributed by atoms with Crippen LogP contribution in [-0.2, 0) is 6.42 Å². The number of rotatable bonds is 0. The Balaban J connectivity index is 2.49. The number of hydrogen-bond donors (Lipinski definition) is 0. The molecule has 0 saturated heterocycles. The average Bonchev–Trinajstić information content (AvgIpc) is 2.64. The Kier molecular flexibility index (Phi) is 3.90. The lowest BCUT2D eigenvalue weighted by atomic mass is 9.94.